The standard InChI is InChI=1S/C19H22O5/c1-13-15(10-11-16(20)14-8-6-5-7-9-14)12-17(22-2)19(21,24-4)18(13)23-3/h5-12,18,21H,1-4H3. The van der Waals surface area contributed by atoms with Crippen molar-refractivity contribution in [3.05, 3.63) is 71.0 Å². The highest BCUT2D eigenvalue weighted by molar-refractivity contribution is 6.04. The van der Waals surface area contributed by atoms with Gasteiger partial charge in [-0.3, -0.25) is 4.79 Å². The van der Waals surface area contributed by atoms with Gasteiger partial charge in [0.05, 0.1) is 7.11 Å². The van der Waals surface area contributed by atoms with E-state index in [4.69, 9.17) is 14.2 Å². The minimum absolute atomic E-state index is 0.107. The Kier molecular flexibility index (Phi) is 5.72. The van der Waals surface area contributed by atoms with Crippen molar-refractivity contribution in [1.29, 1.82) is 0 Å². The molecule has 0 radical (unpaired) electrons. The molecule has 1 aliphatic carbocycles. The zero-order valence-corrected chi connectivity index (χ0v) is 14.3. The molecule has 0 aromatic heterocycles. The number of aliphatic hydroxyl groups is 1. The van der Waals surface area contributed by atoms with Crippen LogP contribution in [-0.2, 0) is 14.2 Å². The maximum atomic E-state index is 12.2. The van der Waals surface area contributed by atoms with Gasteiger partial charge in [-0.2, -0.15) is 0 Å². The number of rotatable bonds is 6. The molecule has 0 heterocycles. The topological polar surface area (TPSA) is 65.0 Å². The first-order valence-corrected chi connectivity index (χ1v) is 7.52. The number of carbonyl (C=O) groups is 1. The molecule has 0 saturated heterocycles. The summed E-state index contributed by atoms with van der Waals surface area (Å²) in [7, 11) is 4.30. The maximum absolute atomic E-state index is 12.2. The van der Waals surface area contributed by atoms with E-state index < -0.39 is 11.9 Å². The SMILES string of the molecule is COC1=CC(C=CC(=O)c2ccccc2)=C(C)C(OC)C1(O)OC. The molecule has 0 fully saturated rings. The molecular formula is C19H22O5. The largest absolute Gasteiger partial charge is 0.495 e. The average Bonchev–Trinajstić information content (AvgIpc) is 2.62. The van der Waals surface area contributed by atoms with Gasteiger partial charge in [0.15, 0.2) is 11.5 Å². The molecule has 2 rings (SSSR count). The second kappa shape index (κ2) is 7.57. The smallest absolute Gasteiger partial charge is 0.256 e. The summed E-state index contributed by atoms with van der Waals surface area (Å²) < 4.78 is 15.9. The van der Waals surface area contributed by atoms with Gasteiger partial charge in [0.25, 0.3) is 5.79 Å². The third-order valence-electron chi connectivity index (χ3n) is 4.08. The summed E-state index contributed by atoms with van der Waals surface area (Å²) in [6.45, 7) is 1.81. The van der Waals surface area contributed by atoms with E-state index in [1.54, 1.807) is 24.3 Å². The van der Waals surface area contributed by atoms with Crippen molar-refractivity contribution < 1.29 is 24.1 Å². The van der Waals surface area contributed by atoms with E-state index in [2.05, 4.69) is 0 Å². The van der Waals surface area contributed by atoms with Crippen LogP contribution in [0.4, 0.5) is 0 Å². The van der Waals surface area contributed by atoms with Crippen molar-refractivity contribution >= 4 is 5.78 Å². The monoisotopic (exact) mass is 330 g/mol. The van der Waals surface area contributed by atoms with Gasteiger partial charge in [-0.15, -0.1) is 0 Å². The number of hydrogen-bond acceptors (Lipinski definition) is 5. The van der Waals surface area contributed by atoms with Crippen molar-refractivity contribution in [2.75, 3.05) is 21.3 Å². The molecule has 0 bridgehead atoms. The first kappa shape index (κ1) is 18.1. The molecule has 128 valence electrons. The van der Waals surface area contributed by atoms with Crippen LogP contribution in [0.25, 0.3) is 0 Å². The predicted octanol–water partition coefficient (Wildman–Crippen LogP) is 2.64. The number of methoxy groups -OCH3 is 3. The molecule has 2 atom stereocenters. The van der Waals surface area contributed by atoms with E-state index >= 15 is 0 Å². The lowest BCUT2D eigenvalue weighted by Gasteiger charge is -2.38. The minimum atomic E-state index is -1.70. The Bertz CT molecular complexity index is 687. The highest BCUT2D eigenvalue weighted by atomic mass is 16.7. The van der Waals surface area contributed by atoms with Crippen LogP contribution in [0.5, 0.6) is 0 Å². The van der Waals surface area contributed by atoms with Crippen molar-refractivity contribution in [3.63, 3.8) is 0 Å². The molecule has 24 heavy (non-hydrogen) atoms. The Hall–Kier alpha value is -2.21. The van der Waals surface area contributed by atoms with Gasteiger partial charge in [0.1, 0.15) is 6.10 Å². The third kappa shape index (κ3) is 3.33. The van der Waals surface area contributed by atoms with Gasteiger partial charge in [-0.05, 0) is 30.2 Å². The van der Waals surface area contributed by atoms with Crippen molar-refractivity contribution in [3.8, 4) is 0 Å². The summed E-state index contributed by atoms with van der Waals surface area (Å²) in [6, 6.07) is 9.00. The van der Waals surface area contributed by atoms with Crippen LogP contribution in [0.1, 0.15) is 17.3 Å². The fourth-order valence-corrected chi connectivity index (χ4v) is 2.73. The van der Waals surface area contributed by atoms with E-state index in [1.165, 1.54) is 27.4 Å². The number of allylic oxidation sites excluding steroid dienone is 4. The van der Waals surface area contributed by atoms with Crippen LogP contribution in [-0.4, -0.2) is 44.1 Å². The lowest BCUT2D eigenvalue weighted by molar-refractivity contribution is -0.233. The van der Waals surface area contributed by atoms with Crippen LogP contribution in [0, 0.1) is 0 Å². The molecule has 1 aliphatic rings. The second-order valence-electron chi connectivity index (χ2n) is 5.43. The summed E-state index contributed by atoms with van der Waals surface area (Å²) in [6.07, 6.45) is 4.07. The van der Waals surface area contributed by atoms with Gasteiger partial charge in [-0.25, -0.2) is 0 Å². The Morgan fingerprint density at radius 2 is 1.88 bits per heavy atom. The summed E-state index contributed by atoms with van der Waals surface area (Å²) in [5.41, 5.74) is 2.07. The van der Waals surface area contributed by atoms with Crippen LogP contribution in [0.3, 0.4) is 0 Å². The van der Waals surface area contributed by atoms with Gasteiger partial charge < -0.3 is 19.3 Å². The van der Waals surface area contributed by atoms with Gasteiger partial charge in [0.2, 0.25) is 0 Å². The summed E-state index contributed by atoms with van der Waals surface area (Å²) >= 11 is 0. The highest BCUT2D eigenvalue weighted by Crippen LogP contribution is 2.36. The molecule has 0 saturated carbocycles. The summed E-state index contributed by atoms with van der Waals surface area (Å²) in [4.78, 5) is 12.2. The van der Waals surface area contributed by atoms with Crippen molar-refractivity contribution in [2.45, 2.75) is 18.8 Å². The number of ether oxygens (including phenoxy) is 3. The molecule has 1 aromatic rings. The average molecular weight is 330 g/mol. The van der Waals surface area contributed by atoms with Crippen LogP contribution >= 0.6 is 0 Å². The van der Waals surface area contributed by atoms with Crippen molar-refractivity contribution in [2.24, 2.45) is 0 Å². The fourth-order valence-electron chi connectivity index (χ4n) is 2.73. The summed E-state index contributed by atoms with van der Waals surface area (Å²) in [5, 5.41) is 10.7. The number of benzene rings is 1. The Morgan fingerprint density at radius 1 is 1.21 bits per heavy atom. The first-order chi connectivity index (χ1) is 11.5. The lowest BCUT2D eigenvalue weighted by Crippen LogP contribution is -2.50. The van der Waals surface area contributed by atoms with Crippen LogP contribution < -0.4 is 0 Å². The van der Waals surface area contributed by atoms with E-state index in [-0.39, 0.29) is 11.5 Å². The van der Waals surface area contributed by atoms with E-state index in [9.17, 15) is 9.90 Å². The maximum Gasteiger partial charge on any atom is 0.256 e. The molecule has 2 unspecified atom stereocenters. The Labute approximate surface area is 141 Å². The highest BCUT2D eigenvalue weighted by Gasteiger charge is 2.46. The quantitative estimate of drug-likeness (QED) is 0.493. The second-order valence-corrected chi connectivity index (χ2v) is 5.43. The molecule has 0 spiro atoms. The number of hydrogen-bond donors (Lipinski definition) is 1. The summed E-state index contributed by atoms with van der Waals surface area (Å²) in [5.74, 6) is -1.59. The van der Waals surface area contributed by atoms with Crippen LogP contribution in [0.15, 0.2) is 65.5 Å². The first-order valence-electron chi connectivity index (χ1n) is 7.52. The molecule has 1 N–H and O–H groups in total. The number of ketones is 1. The lowest BCUT2D eigenvalue weighted by atomic mass is 9.89. The molecule has 5 nitrogen and oxygen atoms in total. The molecule has 0 amide bonds. The zero-order valence-electron chi connectivity index (χ0n) is 14.3. The molecule has 0 aliphatic heterocycles. The normalized spacial score (nSPS) is 24.2. The van der Waals surface area contributed by atoms with Gasteiger partial charge in [-0.1, -0.05) is 36.4 Å². The Balaban J connectivity index is 2.35. The fraction of sp³-hybridized carbons (Fsp3) is 0.316. The molecule has 5 heteroatoms. The van der Waals surface area contributed by atoms with E-state index in [0.29, 0.717) is 5.56 Å². The zero-order chi connectivity index (χ0) is 17.7. The minimum Gasteiger partial charge on any atom is -0.495 e. The number of carbonyl (C=O) groups excluding carboxylic acids is 1. The van der Waals surface area contributed by atoms with E-state index in [1.807, 2.05) is 25.1 Å². The van der Waals surface area contributed by atoms with Gasteiger partial charge in [0, 0.05) is 19.8 Å². The van der Waals surface area contributed by atoms with Crippen molar-refractivity contribution in [1.82, 2.24) is 0 Å². The third-order valence-corrected chi connectivity index (χ3v) is 4.08. The van der Waals surface area contributed by atoms with Gasteiger partial charge >= 0.3 is 0 Å². The predicted molar refractivity (Wildman–Crippen MR) is 90.5 cm³/mol. The molecular weight excluding hydrogens is 308 g/mol. The Morgan fingerprint density at radius 3 is 2.42 bits per heavy atom. The van der Waals surface area contributed by atoms with Crippen LogP contribution in [0.2, 0.25) is 0 Å². The molecule has 1 aromatic carbocycles. The van der Waals surface area contributed by atoms with E-state index in [0.717, 1.165) is 11.1 Å².